The molecular formula is C28H52N2O6. The Balaban J connectivity index is 1.45. The van der Waals surface area contributed by atoms with Crippen molar-refractivity contribution in [3.05, 3.63) is 0 Å². The molecule has 0 aromatic heterocycles. The summed E-state index contributed by atoms with van der Waals surface area (Å²) in [6.45, 7) is 15.2. The maximum absolute atomic E-state index is 12.1. The minimum absolute atomic E-state index is 0.174. The number of esters is 2. The molecular weight excluding hydrogens is 460 g/mol. The van der Waals surface area contributed by atoms with Crippen molar-refractivity contribution in [2.45, 2.75) is 91.8 Å². The van der Waals surface area contributed by atoms with E-state index in [1.807, 2.05) is 20.8 Å². The van der Waals surface area contributed by atoms with Gasteiger partial charge in [-0.1, -0.05) is 19.3 Å². The first-order valence-electron chi connectivity index (χ1n) is 14.1. The number of nitrogens with zero attached hydrogens (tertiary/aromatic N) is 1. The third-order valence-corrected chi connectivity index (χ3v) is 7.20. The predicted octanol–water partition coefficient (Wildman–Crippen LogP) is 4.16. The summed E-state index contributed by atoms with van der Waals surface area (Å²) in [7, 11) is 0. The van der Waals surface area contributed by atoms with E-state index in [2.05, 4.69) is 10.2 Å². The van der Waals surface area contributed by atoms with Gasteiger partial charge in [-0.25, -0.2) is 0 Å². The van der Waals surface area contributed by atoms with Crippen molar-refractivity contribution in [3.63, 3.8) is 0 Å². The van der Waals surface area contributed by atoms with Crippen molar-refractivity contribution in [2.24, 2.45) is 17.3 Å². The second kappa shape index (κ2) is 15.9. The van der Waals surface area contributed by atoms with Gasteiger partial charge in [-0.2, -0.15) is 0 Å². The van der Waals surface area contributed by atoms with E-state index in [-0.39, 0.29) is 38.4 Å². The zero-order valence-electron chi connectivity index (χ0n) is 23.6. The molecule has 2 heterocycles. The average Bonchev–Trinajstić information content (AvgIpc) is 2.84. The maximum Gasteiger partial charge on any atom is 0.311 e. The Morgan fingerprint density at radius 1 is 0.806 bits per heavy atom. The SMILES string of the molecule is CC(C)(OCCOC(=O)CCN1CCC(CCCC2CCNCC2)CC1)OCCOC(=O)C(C)(C)C. The van der Waals surface area contributed by atoms with E-state index in [1.165, 1.54) is 58.0 Å². The van der Waals surface area contributed by atoms with Crippen LogP contribution in [0.4, 0.5) is 0 Å². The van der Waals surface area contributed by atoms with Gasteiger partial charge in [0.25, 0.3) is 0 Å². The van der Waals surface area contributed by atoms with Gasteiger partial charge in [0.15, 0.2) is 5.79 Å². The lowest BCUT2D eigenvalue weighted by Crippen LogP contribution is -2.35. The van der Waals surface area contributed by atoms with Gasteiger partial charge in [0.1, 0.15) is 13.2 Å². The zero-order valence-corrected chi connectivity index (χ0v) is 23.6. The molecule has 2 aliphatic heterocycles. The highest BCUT2D eigenvalue weighted by molar-refractivity contribution is 5.75. The molecule has 0 atom stereocenters. The third-order valence-electron chi connectivity index (χ3n) is 7.20. The van der Waals surface area contributed by atoms with Crippen LogP contribution in [0.5, 0.6) is 0 Å². The molecule has 0 aliphatic carbocycles. The summed E-state index contributed by atoms with van der Waals surface area (Å²) < 4.78 is 21.8. The summed E-state index contributed by atoms with van der Waals surface area (Å²) in [5.74, 6) is 0.493. The van der Waals surface area contributed by atoms with E-state index in [0.717, 1.165) is 31.5 Å². The lowest BCUT2D eigenvalue weighted by atomic mass is 9.87. The topological polar surface area (TPSA) is 86.3 Å². The summed E-state index contributed by atoms with van der Waals surface area (Å²) in [5, 5.41) is 3.45. The van der Waals surface area contributed by atoms with Gasteiger partial charge in [0.2, 0.25) is 0 Å². The van der Waals surface area contributed by atoms with Crippen LogP contribution < -0.4 is 5.32 Å². The van der Waals surface area contributed by atoms with Crippen LogP contribution in [0, 0.1) is 17.3 Å². The highest BCUT2D eigenvalue weighted by Crippen LogP contribution is 2.26. The lowest BCUT2D eigenvalue weighted by molar-refractivity contribution is -0.224. The second-order valence-electron chi connectivity index (χ2n) is 11.9. The van der Waals surface area contributed by atoms with Crippen LogP contribution in [0.15, 0.2) is 0 Å². The molecule has 2 fully saturated rings. The van der Waals surface area contributed by atoms with E-state index in [9.17, 15) is 9.59 Å². The number of nitrogens with one attached hydrogen (secondary N) is 1. The van der Waals surface area contributed by atoms with Gasteiger partial charge in [0.05, 0.1) is 25.0 Å². The van der Waals surface area contributed by atoms with Gasteiger partial charge in [0, 0.05) is 6.54 Å². The monoisotopic (exact) mass is 512 g/mol. The molecule has 2 saturated heterocycles. The molecule has 0 saturated carbocycles. The van der Waals surface area contributed by atoms with Crippen molar-refractivity contribution in [1.82, 2.24) is 10.2 Å². The van der Waals surface area contributed by atoms with Crippen molar-refractivity contribution in [3.8, 4) is 0 Å². The van der Waals surface area contributed by atoms with Gasteiger partial charge in [-0.15, -0.1) is 0 Å². The fourth-order valence-corrected chi connectivity index (χ4v) is 4.81. The summed E-state index contributed by atoms with van der Waals surface area (Å²) >= 11 is 0. The molecule has 0 aromatic carbocycles. The van der Waals surface area contributed by atoms with Crippen LogP contribution in [0.2, 0.25) is 0 Å². The van der Waals surface area contributed by atoms with E-state index < -0.39 is 11.2 Å². The van der Waals surface area contributed by atoms with E-state index in [0.29, 0.717) is 6.42 Å². The summed E-state index contributed by atoms with van der Waals surface area (Å²) in [4.78, 5) is 26.3. The molecule has 210 valence electrons. The van der Waals surface area contributed by atoms with E-state index in [1.54, 1.807) is 13.8 Å². The molecule has 8 nitrogen and oxygen atoms in total. The van der Waals surface area contributed by atoms with Crippen LogP contribution in [-0.4, -0.2) is 81.8 Å². The maximum atomic E-state index is 12.1. The van der Waals surface area contributed by atoms with Crippen LogP contribution in [0.3, 0.4) is 0 Å². The Labute approximate surface area is 219 Å². The first-order valence-corrected chi connectivity index (χ1v) is 14.1. The first-order chi connectivity index (χ1) is 17.0. The van der Waals surface area contributed by atoms with E-state index in [4.69, 9.17) is 18.9 Å². The quantitative estimate of drug-likeness (QED) is 0.199. The number of carbonyl (C=O) groups excluding carboxylic acids is 2. The van der Waals surface area contributed by atoms with Crippen LogP contribution in [0.1, 0.15) is 86.0 Å². The Kier molecular flexibility index (Phi) is 13.7. The molecule has 0 amide bonds. The summed E-state index contributed by atoms with van der Waals surface area (Å²) in [5.41, 5.74) is -0.529. The summed E-state index contributed by atoms with van der Waals surface area (Å²) in [6.07, 6.45) is 9.75. The number of hydrogen-bond acceptors (Lipinski definition) is 8. The number of carbonyl (C=O) groups is 2. The van der Waals surface area contributed by atoms with Crippen LogP contribution in [0.25, 0.3) is 0 Å². The zero-order chi connectivity index (χ0) is 26.4. The van der Waals surface area contributed by atoms with Crippen molar-refractivity contribution in [2.75, 3.05) is 59.2 Å². The average molecular weight is 513 g/mol. The molecule has 2 aliphatic rings. The van der Waals surface area contributed by atoms with Crippen molar-refractivity contribution < 1.29 is 28.5 Å². The van der Waals surface area contributed by atoms with Crippen LogP contribution in [-0.2, 0) is 28.5 Å². The molecule has 0 radical (unpaired) electrons. The Bertz CT molecular complexity index is 634. The predicted molar refractivity (Wildman–Crippen MR) is 141 cm³/mol. The Morgan fingerprint density at radius 2 is 1.36 bits per heavy atom. The lowest BCUT2D eigenvalue weighted by Gasteiger charge is -2.32. The number of likely N-dealkylation sites (tertiary alicyclic amines) is 1. The van der Waals surface area contributed by atoms with Gasteiger partial charge in [-0.05, 0) is 98.3 Å². The normalized spacial score (nSPS) is 18.8. The van der Waals surface area contributed by atoms with Gasteiger partial charge >= 0.3 is 11.9 Å². The molecule has 36 heavy (non-hydrogen) atoms. The largest absolute Gasteiger partial charge is 0.463 e. The first kappa shape index (κ1) is 31.0. The highest BCUT2D eigenvalue weighted by atomic mass is 16.7. The molecule has 8 heteroatoms. The van der Waals surface area contributed by atoms with Crippen molar-refractivity contribution in [1.29, 1.82) is 0 Å². The standard InChI is InChI=1S/C28H52N2O6/c1-27(2,3)26(32)34-20-22-36-28(4,5)35-21-19-33-25(31)13-18-30-16-11-24(12-17-30)8-6-7-23-9-14-29-15-10-23/h23-24,29H,6-22H2,1-5H3. The molecule has 2 rings (SSSR count). The van der Waals surface area contributed by atoms with Gasteiger partial charge in [-0.3, -0.25) is 9.59 Å². The smallest absolute Gasteiger partial charge is 0.311 e. The number of piperidine rings is 2. The molecule has 1 N–H and O–H groups in total. The minimum Gasteiger partial charge on any atom is -0.463 e. The fourth-order valence-electron chi connectivity index (χ4n) is 4.81. The Hall–Kier alpha value is -1.22. The third kappa shape index (κ3) is 13.4. The molecule has 0 unspecified atom stereocenters. The fraction of sp³-hybridized carbons (Fsp3) is 0.929. The van der Waals surface area contributed by atoms with Gasteiger partial charge < -0.3 is 29.2 Å². The van der Waals surface area contributed by atoms with Crippen molar-refractivity contribution >= 4 is 11.9 Å². The molecule has 0 aromatic rings. The number of rotatable bonds is 15. The second-order valence-corrected chi connectivity index (χ2v) is 11.9. The number of ether oxygens (including phenoxy) is 4. The van der Waals surface area contributed by atoms with Crippen LogP contribution >= 0.6 is 0 Å². The number of hydrogen-bond donors (Lipinski definition) is 1. The molecule has 0 bridgehead atoms. The minimum atomic E-state index is -0.849. The van der Waals surface area contributed by atoms with E-state index >= 15 is 0 Å². The highest BCUT2D eigenvalue weighted by Gasteiger charge is 2.24. The Morgan fingerprint density at radius 3 is 1.94 bits per heavy atom. The molecule has 0 spiro atoms. The summed E-state index contributed by atoms with van der Waals surface area (Å²) in [6, 6.07) is 0.